The summed E-state index contributed by atoms with van der Waals surface area (Å²) in [6, 6.07) is 7.92. The van der Waals surface area contributed by atoms with Crippen molar-refractivity contribution in [2.75, 3.05) is 31.1 Å². The largest absolute Gasteiger partial charge is 0.486 e. The van der Waals surface area contributed by atoms with Gasteiger partial charge >= 0.3 is 6.09 Å². The maximum atomic E-state index is 12.3. The first-order valence-corrected chi connectivity index (χ1v) is 12.0. The first-order chi connectivity index (χ1) is 17.1. The molecule has 10 nitrogen and oxygen atoms in total. The number of nitriles is 1. The maximum absolute atomic E-state index is 12.3. The number of amides is 1. The van der Waals surface area contributed by atoms with E-state index in [1.54, 1.807) is 35.7 Å². The predicted octanol–water partition coefficient (Wildman–Crippen LogP) is 3.47. The molecule has 1 fully saturated rings. The minimum Gasteiger partial charge on any atom is -0.486 e. The highest BCUT2D eigenvalue weighted by molar-refractivity contribution is 5.85. The van der Waals surface area contributed by atoms with Crippen molar-refractivity contribution < 1.29 is 19.4 Å². The van der Waals surface area contributed by atoms with Crippen LogP contribution in [-0.4, -0.2) is 74.7 Å². The van der Waals surface area contributed by atoms with E-state index in [1.165, 1.54) is 6.20 Å². The molecule has 2 atom stereocenters. The highest BCUT2D eigenvalue weighted by Crippen LogP contribution is 2.32. The lowest BCUT2D eigenvalue weighted by Gasteiger charge is -2.36. The second-order valence-electron chi connectivity index (χ2n) is 9.98. The van der Waals surface area contributed by atoms with Crippen molar-refractivity contribution >= 4 is 17.4 Å². The molecule has 2 unspecified atom stereocenters. The number of hydrogen-bond donors (Lipinski definition) is 1. The Morgan fingerprint density at radius 2 is 1.89 bits per heavy atom. The number of carbonyl (C=O) groups excluding carboxylic acids is 1. The van der Waals surface area contributed by atoms with Crippen molar-refractivity contribution in [3.05, 3.63) is 42.4 Å². The van der Waals surface area contributed by atoms with Gasteiger partial charge in [-0.3, -0.25) is 0 Å². The van der Waals surface area contributed by atoms with E-state index in [9.17, 15) is 15.2 Å². The Morgan fingerprint density at radius 1 is 1.17 bits per heavy atom. The first-order valence-electron chi connectivity index (χ1n) is 12.0. The number of ether oxygens (including phenoxy) is 2. The molecular weight excluding hydrogens is 460 g/mol. The fourth-order valence-electron chi connectivity index (χ4n) is 3.95. The standard InChI is InChI=1S/C26H32N6O4/c1-17(33)18(2)35-21-12-22(24-20(13-27)15-29-32(24)16-21)19-6-7-23(28-14-19)30-8-10-31(11-9-30)25(34)36-26(3,4)5/h6-7,12,14-18,33H,8-11H2,1-5H3. The molecule has 1 aliphatic heterocycles. The zero-order chi connectivity index (χ0) is 26.0. The van der Waals surface area contributed by atoms with Crippen LogP contribution in [0.3, 0.4) is 0 Å². The Morgan fingerprint density at radius 3 is 2.47 bits per heavy atom. The number of rotatable bonds is 5. The molecule has 3 aromatic heterocycles. The summed E-state index contributed by atoms with van der Waals surface area (Å²) in [6.07, 6.45) is 3.63. The number of piperazine rings is 1. The zero-order valence-electron chi connectivity index (χ0n) is 21.3. The summed E-state index contributed by atoms with van der Waals surface area (Å²) in [6.45, 7) is 11.5. The molecule has 0 spiro atoms. The smallest absolute Gasteiger partial charge is 0.410 e. The third-order valence-corrected chi connectivity index (χ3v) is 6.02. The number of hydrogen-bond acceptors (Lipinski definition) is 8. The van der Waals surface area contributed by atoms with Crippen LogP contribution in [0.5, 0.6) is 5.75 Å². The molecule has 190 valence electrons. The molecule has 4 rings (SSSR count). The van der Waals surface area contributed by atoms with Gasteiger partial charge in [0.1, 0.15) is 29.3 Å². The van der Waals surface area contributed by atoms with Crippen LogP contribution in [0.1, 0.15) is 40.2 Å². The molecule has 1 N–H and O–H groups in total. The molecule has 1 aliphatic rings. The highest BCUT2D eigenvalue weighted by Gasteiger charge is 2.26. The molecule has 1 saturated heterocycles. The van der Waals surface area contributed by atoms with Crippen LogP contribution >= 0.6 is 0 Å². The molecule has 1 amide bonds. The minimum absolute atomic E-state index is 0.296. The van der Waals surface area contributed by atoms with Crippen molar-refractivity contribution in [1.82, 2.24) is 19.5 Å². The summed E-state index contributed by atoms with van der Waals surface area (Å²) in [5, 5.41) is 23.7. The molecule has 0 radical (unpaired) electrons. The summed E-state index contributed by atoms with van der Waals surface area (Å²) < 4.78 is 13.0. The van der Waals surface area contributed by atoms with Crippen LogP contribution in [0.25, 0.3) is 16.6 Å². The second-order valence-corrected chi connectivity index (χ2v) is 9.98. The molecular formula is C26H32N6O4. The molecule has 36 heavy (non-hydrogen) atoms. The van der Waals surface area contributed by atoms with Crippen LogP contribution < -0.4 is 9.64 Å². The number of aliphatic hydroxyl groups is 1. The molecule has 0 aromatic carbocycles. The van der Waals surface area contributed by atoms with Crippen LogP contribution in [-0.2, 0) is 4.74 Å². The third-order valence-electron chi connectivity index (χ3n) is 6.02. The van der Waals surface area contributed by atoms with E-state index in [4.69, 9.17) is 9.47 Å². The van der Waals surface area contributed by atoms with Gasteiger partial charge in [0.25, 0.3) is 0 Å². The van der Waals surface area contributed by atoms with E-state index in [0.717, 1.165) is 16.9 Å². The Balaban J connectivity index is 1.55. The Hall–Kier alpha value is -3.84. The van der Waals surface area contributed by atoms with E-state index in [0.29, 0.717) is 43.0 Å². The fourth-order valence-corrected chi connectivity index (χ4v) is 3.95. The van der Waals surface area contributed by atoms with E-state index in [-0.39, 0.29) is 6.09 Å². The van der Waals surface area contributed by atoms with Crippen LogP contribution in [0.2, 0.25) is 0 Å². The van der Waals surface area contributed by atoms with Gasteiger partial charge in [-0.15, -0.1) is 0 Å². The summed E-state index contributed by atoms with van der Waals surface area (Å²) in [5.74, 6) is 1.34. The SMILES string of the molecule is CC(O)C(C)Oc1cc(-c2ccc(N3CCN(C(=O)OC(C)(C)C)CC3)nc2)c2c(C#N)cnn2c1. The van der Waals surface area contributed by atoms with E-state index < -0.39 is 17.8 Å². The topological polar surface area (TPSA) is 116 Å². The number of anilines is 1. The molecule has 3 aromatic rings. The van der Waals surface area contributed by atoms with Gasteiger partial charge < -0.3 is 24.4 Å². The Labute approximate surface area is 210 Å². The average molecular weight is 493 g/mol. The summed E-state index contributed by atoms with van der Waals surface area (Å²) >= 11 is 0. The van der Waals surface area contributed by atoms with Gasteiger partial charge in [0.2, 0.25) is 0 Å². The van der Waals surface area contributed by atoms with E-state index >= 15 is 0 Å². The van der Waals surface area contributed by atoms with E-state index in [1.807, 2.05) is 39.0 Å². The number of pyridine rings is 2. The number of carbonyl (C=O) groups is 1. The third kappa shape index (κ3) is 5.52. The Bertz CT molecular complexity index is 1260. The van der Waals surface area contributed by atoms with Gasteiger partial charge in [-0.1, -0.05) is 0 Å². The summed E-state index contributed by atoms with van der Waals surface area (Å²) in [5.41, 5.74) is 2.16. The van der Waals surface area contributed by atoms with Gasteiger partial charge in [0.15, 0.2) is 0 Å². The first kappa shape index (κ1) is 25.3. The normalized spacial score (nSPS) is 15.9. The highest BCUT2D eigenvalue weighted by atomic mass is 16.6. The molecule has 10 heteroatoms. The second kappa shape index (κ2) is 10.0. The molecule has 0 bridgehead atoms. The van der Waals surface area contributed by atoms with Crippen molar-refractivity contribution in [3.63, 3.8) is 0 Å². The van der Waals surface area contributed by atoms with Crippen LogP contribution in [0, 0.1) is 11.3 Å². The number of aromatic nitrogens is 3. The quantitative estimate of drug-likeness (QED) is 0.576. The van der Waals surface area contributed by atoms with Crippen molar-refractivity contribution in [2.24, 2.45) is 0 Å². The van der Waals surface area contributed by atoms with Crippen molar-refractivity contribution in [3.8, 4) is 22.9 Å². The lowest BCUT2D eigenvalue weighted by molar-refractivity contribution is 0.0240. The van der Waals surface area contributed by atoms with Crippen molar-refractivity contribution in [1.29, 1.82) is 5.26 Å². The monoisotopic (exact) mass is 492 g/mol. The summed E-state index contributed by atoms with van der Waals surface area (Å²) in [7, 11) is 0. The Kier molecular flexibility index (Phi) is 7.04. The fraction of sp³-hybridized carbons (Fsp3) is 0.462. The number of aliphatic hydroxyl groups excluding tert-OH is 1. The lowest BCUT2D eigenvalue weighted by atomic mass is 10.1. The van der Waals surface area contributed by atoms with Gasteiger partial charge in [-0.25, -0.2) is 14.3 Å². The van der Waals surface area contributed by atoms with Gasteiger partial charge in [0.05, 0.1) is 29.6 Å². The zero-order valence-corrected chi connectivity index (χ0v) is 21.3. The summed E-state index contributed by atoms with van der Waals surface area (Å²) in [4.78, 5) is 20.9. The number of fused-ring (bicyclic) bond motifs is 1. The van der Waals surface area contributed by atoms with Crippen LogP contribution in [0.4, 0.5) is 10.6 Å². The van der Waals surface area contributed by atoms with Gasteiger partial charge in [-0.2, -0.15) is 10.4 Å². The molecule has 4 heterocycles. The van der Waals surface area contributed by atoms with Crippen LogP contribution in [0.15, 0.2) is 36.8 Å². The maximum Gasteiger partial charge on any atom is 0.410 e. The van der Waals surface area contributed by atoms with Gasteiger partial charge in [-0.05, 0) is 52.8 Å². The lowest BCUT2D eigenvalue weighted by Crippen LogP contribution is -2.50. The van der Waals surface area contributed by atoms with E-state index in [2.05, 4.69) is 21.1 Å². The predicted molar refractivity (Wildman–Crippen MR) is 135 cm³/mol. The molecule has 0 saturated carbocycles. The minimum atomic E-state index is -0.645. The average Bonchev–Trinajstić information content (AvgIpc) is 3.26. The van der Waals surface area contributed by atoms with Gasteiger partial charge in [0, 0.05) is 43.5 Å². The molecule has 0 aliphatic carbocycles. The number of nitrogens with zero attached hydrogens (tertiary/aromatic N) is 6. The van der Waals surface area contributed by atoms with Crippen molar-refractivity contribution in [2.45, 2.75) is 52.4 Å².